The molecule has 0 radical (unpaired) electrons. The number of hydrogen-bond donors (Lipinski definition) is 0. The minimum atomic E-state index is -4.69. The summed E-state index contributed by atoms with van der Waals surface area (Å²) < 4.78 is 108. The van der Waals surface area contributed by atoms with Crippen molar-refractivity contribution >= 4 is 15.7 Å². The topological polar surface area (TPSA) is 59.0 Å². The van der Waals surface area contributed by atoms with Crippen LogP contribution in [0.2, 0.25) is 0 Å². The van der Waals surface area contributed by atoms with Gasteiger partial charge in [0.25, 0.3) is 0 Å². The van der Waals surface area contributed by atoms with Gasteiger partial charge in [-0.1, -0.05) is 12.1 Å². The molecule has 0 bridgehead atoms. The number of benzene rings is 1. The van der Waals surface area contributed by atoms with E-state index < -0.39 is 56.0 Å². The molecule has 0 aliphatic carbocycles. The maximum atomic E-state index is 13.2. The average Bonchev–Trinajstić information content (AvgIpc) is 2.72. The van der Waals surface area contributed by atoms with Gasteiger partial charge >= 0.3 is 12.4 Å². The molecule has 0 saturated heterocycles. The Hall–Kier alpha value is -2.08. The van der Waals surface area contributed by atoms with E-state index >= 15 is 0 Å². The Kier molecular flexibility index (Phi) is 8.50. The van der Waals surface area contributed by atoms with E-state index in [2.05, 4.69) is 4.99 Å². The van der Waals surface area contributed by atoms with Gasteiger partial charge in [0.1, 0.15) is 5.84 Å². The van der Waals surface area contributed by atoms with Crippen molar-refractivity contribution in [3.05, 3.63) is 42.0 Å². The maximum Gasteiger partial charge on any atom is 0.416 e. The number of sulfone groups is 1. The van der Waals surface area contributed by atoms with Crippen LogP contribution in [0.25, 0.3) is 0 Å². The van der Waals surface area contributed by atoms with Crippen molar-refractivity contribution in [2.24, 2.45) is 10.9 Å². The predicted molar refractivity (Wildman–Crippen MR) is 116 cm³/mol. The van der Waals surface area contributed by atoms with E-state index in [4.69, 9.17) is 4.74 Å². The molecule has 5 nitrogen and oxygen atoms in total. The molecule has 2 rings (SSSR count). The highest BCUT2D eigenvalue weighted by atomic mass is 32.2. The lowest BCUT2D eigenvalue weighted by Crippen LogP contribution is -2.43. The number of likely N-dealkylation sites (N-methyl/N-ethyl adjacent to an activating group) is 1. The number of amidine groups is 1. The van der Waals surface area contributed by atoms with E-state index in [1.165, 1.54) is 19.9 Å². The summed E-state index contributed by atoms with van der Waals surface area (Å²) in [5.41, 5.74) is -1.07. The Labute approximate surface area is 195 Å². The number of ether oxygens (including phenoxy) is 1. The van der Waals surface area contributed by atoms with Crippen LogP contribution in [-0.4, -0.2) is 62.9 Å². The fraction of sp³-hybridized carbons (Fsp3) is 0.591. The zero-order valence-corrected chi connectivity index (χ0v) is 20.1. The number of alkyl halides is 6. The van der Waals surface area contributed by atoms with E-state index in [0.29, 0.717) is 11.9 Å². The lowest BCUT2D eigenvalue weighted by atomic mass is 10.0. The van der Waals surface area contributed by atoms with Gasteiger partial charge in [0.15, 0.2) is 9.84 Å². The summed E-state index contributed by atoms with van der Waals surface area (Å²) in [6.45, 7) is 4.41. The van der Waals surface area contributed by atoms with Crippen molar-refractivity contribution in [3.63, 3.8) is 0 Å². The monoisotopic (exact) mass is 514 g/mol. The first kappa shape index (κ1) is 28.2. The van der Waals surface area contributed by atoms with E-state index in [0.717, 1.165) is 24.3 Å². The van der Waals surface area contributed by atoms with E-state index in [9.17, 15) is 34.8 Å². The van der Waals surface area contributed by atoms with E-state index in [1.54, 1.807) is 18.9 Å². The maximum absolute atomic E-state index is 13.2. The molecule has 1 aromatic rings. The van der Waals surface area contributed by atoms with Crippen molar-refractivity contribution in [1.82, 2.24) is 4.90 Å². The molecule has 0 spiro atoms. The predicted octanol–water partition coefficient (Wildman–Crippen LogP) is 5.13. The lowest BCUT2D eigenvalue weighted by Gasteiger charge is -2.33. The first-order chi connectivity index (χ1) is 15.5. The first-order valence-electron chi connectivity index (χ1n) is 10.5. The molecule has 0 N–H and O–H groups in total. The number of rotatable bonds is 8. The summed E-state index contributed by atoms with van der Waals surface area (Å²) in [6.07, 6.45) is -7.54. The number of nitrogens with zero attached hydrogens (tertiary/aromatic N) is 2. The van der Waals surface area contributed by atoms with Crippen LogP contribution in [0, 0.1) is 5.92 Å². The second-order valence-electron chi connectivity index (χ2n) is 8.66. The Balaban J connectivity index is 2.19. The van der Waals surface area contributed by atoms with Crippen LogP contribution in [0.15, 0.2) is 46.3 Å². The van der Waals surface area contributed by atoms with Crippen LogP contribution in [0.4, 0.5) is 26.3 Å². The minimum Gasteiger partial charge on any atom is -0.377 e. The Morgan fingerprint density at radius 2 is 1.82 bits per heavy atom. The fourth-order valence-electron chi connectivity index (χ4n) is 3.60. The molecule has 0 saturated carbocycles. The third-order valence-corrected chi connectivity index (χ3v) is 8.03. The summed E-state index contributed by atoms with van der Waals surface area (Å²) in [4.78, 5) is 5.09. The summed E-state index contributed by atoms with van der Waals surface area (Å²) in [5, 5.41) is 0. The van der Waals surface area contributed by atoms with Crippen molar-refractivity contribution in [3.8, 4) is 0 Å². The van der Waals surface area contributed by atoms with Gasteiger partial charge in [-0.3, -0.25) is 4.99 Å². The SMILES string of the molecule is CCOC(CN(C)C1=NCC(C(F)(F)F)C=C1)CC(C)(C)S(=O)(=O)c1cccc(C(F)(F)F)c1. The van der Waals surface area contributed by atoms with Gasteiger partial charge in [-0.15, -0.1) is 0 Å². The quantitative estimate of drug-likeness (QED) is 0.452. The standard InChI is InChI=1S/C22H28F6N2O3S/c1-5-33-17(14-30(4)19-10-9-16(13-29-19)22(26,27)28)12-20(2,3)34(31,32)18-8-6-7-15(11-18)21(23,24)25/h6-11,16-17H,5,12-14H2,1-4H3. The molecule has 1 aliphatic heterocycles. The third kappa shape index (κ3) is 6.74. The minimum absolute atomic E-state index is 0.0636. The van der Waals surface area contributed by atoms with Crippen molar-refractivity contribution in [2.45, 2.75) is 55.3 Å². The normalized spacial score (nSPS) is 18.5. The van der Waals surface area contributed by atoms with Gasteiger partial charge in [-0.25, -0.2) is 8.42 Å². The third-order valence-electron chi connectivity index (χ3n) is 5.54. The number of hydrogen-bond acceptors (Lipinski definition) is 5. The van der Waals surface area contributed by atoms with Gasteiger partial charge in [0.05, 0.1) is 33.8 Å². The highest BCUT2D eigenvalue weighted by Crippen LogP contribution is 2.35. The Morgan fingerprint density at radius 1 is 1.18 bits per heavy atom. The molecular formula is C22H28F6N2O3S. The second-order valence-corrected chi connectivity index (χ2v) is 11.2. The van der Waals surface area contributed by atoms with Crippen LogP contribution >= 0.6 is 0 Å². The van der Waals surface area contributed by atoms with E-state index in [1.807, 2.05) is 0 Å². The highest BCUT2D eigenvalue weighted by Gasteiger charge is 2.41. The van der Waals surface area contributed by atoms with Crippen molar-refractivity contribution < 1.29 is 39.5 Å². The average molecular weight is 515 g/mol. The molecule has 2 unspecified atom stereocenters. The molecule has 192 valence electrons. The van der Waals surface area contributed by atoms with Gasteiger partial charge in [-0.05, 0) is 51.5 Å². The Morgan fingerprint density at radius 3 is 2.32 bits per heavy atom. The van der Waals surface area contributed by atoms with Crippen LogP contribution in [-0.2, 0) is 20.8 Å². The molecule has 1 heterocycles. The van der Waals surface area contributed by atoms with Crippen LogP contribution in [0.5, 0.6) is 0 Å². The van der Waals surface area contributed by atoms with Crippen LogP contribution in [0.3, 0.4) is 0 Å². The number of aliphatic imine (C=N–C) groups is 1. The van der Waals surface area contributed by atoms with Gasteiger partial charge < -0.3 is 9.64 Å². The first-order valence-corrected chi connectivity index (χ1v) is 12.0. The summed E-state index contributed by atoms with van der Waals surface area (Å²) in [5.74, 6) is -1.37. The molecule has 0 amide bonds. The molecular weight excluding hydrogens is 486 g/mol. The van der Waals surface area contributed by atoms with E-state index in [-0.39, 0.29) is 19.6 Å². The molecule has 34 heavy (non-hydrogen) atoms. The van der Waals surface area contributed by atoms with Gasteiger partial charge in [0, 0.05) is 20.2 Å². The molecule has 0 aromatic heterocycles. The number of halogens is 6. The highest BCUT2D eigenvalue weighted by molar-refractivity contribution is 7.92. The molecule has 0 fully saturated rings. The van der Waals surface area contributed by atoms with Crippen molar-refractivity contribution in [2.75, 3.05) is 26.7 Å². The molecule has 1 aliphatic rings. The summed E-state index contributed by atoms with van der Waals surface area (Å²) >= 11 is 0. The zero-order chi connectivity index (χ0) is 25.9. The fourth-order valence-corrected chi connectivity index (χ4v) is 5.18. The Bertz CT molecular complexity index is 1020. The lowest BCUT2D eigenvalue weighted by molar-refractivity contribution is -0.158. The molecule has 2 atom stereocenters. The largest absolute Gasteiger partial charge is 0.416 e. The smallest absolute Gasteiger partial charge is 0.377 e. The summed E-state index contributed by atoms with van der Waals surface area (Å²) in [6, 6.07) is 3.57. The van der Waals surface area contributed by atoms with Gasteiger partial charge in [-0.2, -0.15) is 26.3 Å². The van der Waals surface area contributed by atoms with Crippen LogP contribution < -0.4 is 0 Å². The number of dihydropyridines is 1. The van der Waals surface area contributed by atoms with Crippen LogP contribution in [0.1, 0.15) is 32.8 Å². The van der Waals surface area contributed by atoms with Gasteiger partial charge in [0.2, 0.25) is 0 Å². The molecule has 12 heteroatoms. The zero-order valence-electron chi connectivity index (χ0n) is 19.2. The molecule has 1 aromatic carbocycles. The summed E-state index contributed by atoms with van der Waals surface area (Å²) in [7, 11) is -2.59. The second kappa shape index (κ2) is 10.3. The van der Waals surface area contributed by atoms with Crippen molar-refractivity contribution in [1.29, 1.82) is 0 Å².